The van der Waals surface area contributed by atoms with Crippen molar-refractivity contribution in [3.05, 3.63) is 36.2 Å². The molecule has 4 heteroatoms. The largest absolute Gasteiger partial charge is 0.397 e. The first kappa shape index (κ1) is 9.45. The third-order valence-electron chi connectivity index (χ3n) is 2.16. The fourth-order valence-electron chi connectivity index (χ4n) is 1.44. The van der Waals surface area contributed by atoms with Gasteiger partial charge < -0.3 is 11.2 Å². The summed E-state index contributed by atoms with van der Waals surface area (Å²) in [5.74, 6) is 0. The van der Waals surface area contributed by atoms with Gasteiger partial charge in [-0.2, -0.15) is 5.10 Å². The van der Waals surface area contributed by atoms with Gasteiger partial charge in [-0.05, 0) is 11.6 Å². The number of nitrogens with one attached hydrogen (secondary N) is 1. The van der Waals surface area contributed by atoms with E-state index in [4.69, 9.17) is 5.73 Å². The number of hydrogen-bond donors (Lipinski definition) is 2. The Kier molecular flexibility index (Phi) is 2.49. The van der Waals surface area contributed by atoms with E-state index in [1.165, 1.54) is 0 Å². The second kappa shape index (κ2) is 3.96. The number of hydrogen-bond acceptors (Lipinski definition) is 4. The second-order valence-electron chi connectivity index (χ2n) is 3.19. The molecule has 4 nitrogen and oxygen atoms in total. The van der Waals surface area contributed by atoms with Gasteiger partial charge in [0.15, 0.2) is 0 Å². The summed E-state index contributed by atoms with van der Waals surface area (Å²) in [4.78, 5) is 4.05. The number of nitrogens with zero attached hydrogens (tertiary/aromatic N) is 2. The summed E-state index contributed by atoms with van der Waals surface area (Å²) < 4.78 is 0. The molecule has 1 aromatic carbocycles. The van der Waals surface area contributed by atoms with Crippen LogP contribution in [0.3, 0.4) is 0 Å². The Morgan fingerprint density at radius 3 is 3.07 bits per heavy atom. The van der Waals surface area contributed by atoms with Crippen LogP contribution < -0.4 is 11.2 Å². The Balaban J connectivity index is 2.52. The number of rotatable bonds is 2. The van der Waals surface area contributed by atoms with Gasteiger partial charge >= 0.3 is 0 Å². The zero-order valence-corrected chi connectivity index (χ0v) is 8.44. The molecule has 0 unspecified atom stereocenters. The van der Waals surface area contributed by atoms with Crippen LogP contribution in [-0.4, -0.2) is 18.2 Å². The summed E-state index contributed by atoms with van der Waals surface area (Å²) in [6.45, 7) is 0. The third-order valence-corrected chi connectivity index (χ3v) is 2.16. The highest BCUT2D eigenvalue weighted by atomic mass is 15.3. The topological polar surface area (TPSA) is 63.3 Å². The van der Waals surface area contributed by atoms with Crippen molar-refractivity contribution < 1.29 is 0 Å². The van der Waals surface area contributed by atoms with Gasteiger partial charge in [-0.3, -0.25) is 4.98 Å². The standard InChI is InChI=1S/C11H12N4/c1-13-15-5-8-2-3-10-9(4-8)6-14-7-11(10)12/h2-7,13H,12H2,1H3. The molecule has 1 aromatic heterocycles. The Morgan fingerprint density at radius 1 is 1.40 bits per heavy atom. The van der Waals surface area contributed by atoms with Crippen molar-refractivity contribution in [2.75, 3.05) is 12.8 Å². The number of aromatic nitrogens is 1. The van der Waals surface area contributed by atoms with E-state index in [1.807, 2.05) is 18.2 Å². The Labute approximate surface area is 87.8 Å². The Morgan fingerprint density at radius 2 is 2.27 bits per heavy atom. The number of hydrazone groups is 1. The van der Waals surface area contributed by atoms with Crippen LogP contribution in [0.25, 0.3) is 10.8 Å². The van der Waals surface area contributed by atoms with Crippen molar-refractivity contribution in [2.45, 2.75) is 0 Å². The first-order chi connectivity index (χ1) is 7.31. The summed E-state index contributed by atoms with van der Waals surface area (Å²) in [5, 5.41) is 5.99. The average molecular weight is 200 g/mol. The van der Waals surface area contributed by atoms with Gasteiger partial charge in [0.25, 0.3) is 0 Å². The number of anilines is 1. The molecule has 76 valence electrons. The maximum Gasteiger partial charge on any atom is 0.0580 e. The lowest BCUT2D eigenvalue weighted by atomic mass is 10.1. The number of nitrogens with two attached hydrogens (primary N) is 1. The average Bonchev–Trinajstić information content (AvgIpc) is 2.26. The lowest BCUT2D eigenvalue weighted by molar-refractivity contribution is 0.908. The highest BCUT2D eigenvalue weighted by Gasteiger charge is 1.98. The normalized spacial score (nSPS) is 11.0. The first-order valence-corrected chi connectivity index (χ1v) is 4.64. The molecule has 3 N–H and O–H groups in total. The van der Waals surface area contributed by atoms with Gasteiger partial charge in [-0.25, -0.2) is 0 Å². The summed E-state index contributed by atoms with van der Waals surface area (Å²) in [7, 11) is 1.76. The van der Waals surface area contributed by atoms with E-state index >= 15 is 0 Å². The first-order valence-electron chi connectivity index (χ1n) is 4.64. The molecule has 0 saturated heterocycles. The van der Waals surface area contributed by atoms with Crippen molar-refractivity contribution >= 4 is 22.7 Å². The van der Waals surface area contributed by atoms with Crippen molar-refractivity contribution in [2.24, 2.45) is 5.10 Å². The van der Waals surface area contributed by atoms with Crippen molar-refractivity contribution in [3.63, 3.8) is 0 Å². The fourth-order valence-corrected chi connectivity index (χ4v) is 1.44. The van der Waals surface area contributed by atoms with Gasteiger partial charge in [0, 0.05) is 24.0 Å². The lowest BCUT2D eigenvalue weighted by Crippen LogP contribution is -1.95. The Bertz CT molecular complexity index is 505. The van der Waals surface area contributed by atoms with E-state index in [-0.39, 0.29) is 0 Å². The van der Waals surface area contributed by atoms with E-state index < -0.39 is 0 Å². The van der Waals surface area contributed by atoms with Gasteiger partial charge in [0.05, 0.1) is 18.1 Å². The minimum atomic E-state index is 0.699. The fraction of sp³-hybridized carbons (Fsp3) is 0.0909. The van der Waals surface area contributed by atoms with E-state index in [0.717, 1.165) is 16.3 Å². The number of nitrogen functional groups attached to an aromatic ring is 1. The molecule has 0 aliphatic heterocycles. The van der Waals surface area contributed by atoms with Crippen LogP contribution in [-0.2, 0) is 0 Å². The molecule has 0 aliphatic rings. The molecule has 0 bridgehead atoms. The van der Waals surface area contributed by atoms with Crippen molar-refractivity contribution in [3.8, 4) is 0 Å². The van der Waals surface area contributed by atoms with Gasteiger partial charge in [0.1, 0.15) is 0 Å². The zero-order valence-electron chi connectivity index (χ0n) is 8.44. The van der Waals surface area contributed by atoms with E-state index in [9.17, 15) is 0 Å². The minimum Gasteiger partial charge on any atom is -0.397 e. The molecular weight excluding hydrogens is 188 g/mol. The molecule has 0 saturated carbocycles. The van der Waals surface area contributed by atoms with Crippen LogP contribution in [0.5, 0.6) is 0 Å². The molecule has 0 amide bonds. The molecule has 0 fully saturated rings. The lowest BCUT2D eigenvalue weighted by Gasteiger charge is -2.01. The highest BCUT2D eigenvalue weighted by molar-refractivity contribution is 5.95. The molecule has 0 atom stereocenters. The molecule has 1 heterocycles. The number of fused-ring (bicyclic) bond motifs is 1. The van der Waals surface area contributed by atoms with E-state index in [1.54, 1.807) is 25.7 Å². The Hall–Kier alpha value is -2.10. The van der Waals surface area contributed by atoms with Crippen LogP contribution in [0.4, 0.5) is 5.69 Å². The predicted octanol–water partition coefficient (Wildman–Crippen LogP) is 1.37. The summed E-state index contributed by atoms with van der Waals surface area (Å²) >= 11 is 0. The SMILES string of the molecule is CNN=Cc1ccc2c(N)cncc2c1. The smallest absolute Gasteiger partial charge is 0.0580 e. The number of pyridine rings is 1. The highest BCUT2D eigenvalue weighted by Crippen LogP contribution is 2.19. The maximum absolute atomic E-state index is 5.80. The summed E-state index contributed by atoms with van der Waals surface area (Å²) in [6.07, 6.45) is 5.20. The quantitative estimate of drug-likeness (QED) is 0.568. The van der Waals surface area contributed by atoms with E-state index in [2.05, 4.69) is 15.5 Å². The van der Waals surface area contributed by atoms with Gasteiger partial charge in [0.2, 0.25) is 0 Å². The molecule has 2 aromatic rings. The van der Waals surface area contributed by atoms with Crippen molar-refractivity contribution in [1.29, 1.82) is 0 Å². The van der Waals surface area contributed by atoms with E-state index in [0.29, 0.717) is 5.69 Å². The van der Waals surface area contributed by atoms with Gasteiger partial charge in [-0.15, -0.1) is 0 Å². The molecule has 0 radical (unpaired) electrons. The van der Waals surface area contributed by atoms with Crippen LogP contribution in [0.2, 0.25) is 0 Å². The maximum atomic E-state index is 5.80. The zero-order chi connectivity index (χ0) is 10.7. The van der Waals surface area contributed by atoms with Crippen LogP contribution in [0.15, 0.2) is 35.7 Å². The summed E-state index contributed by atoms with van der Waals surface area (Å²) in [6, 6.07) is 5.95. The molecular formula is C11H12N4. The van der Waals surface area contributed by atoms with Crippen LogP contribution in [0, 0.1) is 0 Å². The predicted molar refractivity (Wildman–Crippen MR) is 62.8 cm³/mol. The van der Waals surface area contributed by atoms with Crippen LogP contribution in [0.1, 0.15) is 5.56 Å². The van der Waals surface area contributed by atoms with Crippen molar-refractivity contribution in [1.82, 2.24) is 10.4 Å². The molecule has 15 heavy (non-hydrogen) atoms. The molecule has 2 rings (SSSR count). The van der Waals surface area contributed by atoms with Gasteiger partial charge in [-0.1, -0.05) is 12.1 Å². The number of benzene rings is 1. The summed E-state index contributed by atoms with van der Waals surface area (Å²) in [5.41, 5.74) is 10.2. The molecule has 0 spiro atoms. The van der Waals surface area contributed by atoms with Crippen LogP contribution >= 0.6 is 0 Å². The monoisotopic (exact) mass is 200 g/mol. The third kappa shape index (κ3) is 1.88. The second-order valence-corrected chi connectivity index (χ2v) is 3.19. The molecule has 0 aliphatic carbocycles. The minimum absolute atomic E-state index is 0.699.